The largest absolute Gasteiger partial charge is 0.448 e. The number of hydrogen-bond acceptors (Lipinski definition) is 5. The lowest BCUT2D eigenvalue weighted by atomic mass is 10.2. The molecule has 2 amide bonds. The minimum atomic E-state index is -0.754. The molecule has 0 fully saturated rings. The van der Waals surface area contributed by atoms with E-state index < -0.39 is 12.2 Å². The standard InChI is InChI=1S/C15H23N3O4/c1-10(2)21-14(19)17-18(15(20)22-11(3)4)16-13-8-6-12(5)7-9-13/h6-11,16H,1-5H3,(H,17,19). The molecule has 22 heavy (non-hydrogen) atoms. The molecule has 0 aliphatic heterocycles. The van der Waals surface area contributed by atoms with Gasteiger partial charge in [-0.05, 0) is 46.8 Å². The fourth-order valence-corrected chi connectivity index (χ4v) is 1.46. The summed E-state index contributed by atoms with van der Waals surface area (Å²) in [6, 6.07) is 7.31. The molecule has 122 valence electrons. The Bertz CT molecular complexity index is 500. The van der Waals surface area contributed by atoms with Crippen molar-refractivity contribution in [1.29, 1.82) is 0 Å². The molecule has 0 saturated heterocycles. The van der Waals surface area contributed by atoms with Crippen LogP contribution in [0.4, 0.5) is 15.3 Å². The van der Waals surface area contributed by atoms with Crippen LogP contribution in [0.3, 0.4) is 0 Å². The Balaban J connectivity index is 2.78. The average molecular weight is 309 g/mol. The highest BCUT2D eigenvalue weighted by Crippen LogP contribution is 2.10. The Hall–Kier alpha value is -2.44. The number of nitrogens with zero attached hydrogens (tertiary/aromatic N) is 1. The number of benzene rings is 1. The normalized spacial score (nSPS) is 10.3. The van der Waals surface area contributed by atoms with Gasteiger partial charge in [0.15, 0.2) is 0 Å². The lowest BCUT2D eigenvalue weighted by molar-refractivity contribution is 0.0555. The van der Waals surface area contributed by atoms with E-state index in [1.54, 1.807) is 39.8 Å². The molecule has 0 atom stereocenters. The molecule has 0 saturated carbocycles. The minimum absolute atomic E-state index is 0.303. The third-order valence-corrected chi connectivity index (χ3v) is 2.36. The number of nitrogens with one attached hydrogen (secondary N) is 2. The second-order valence-electron chi connectivity index (χ2n) is 5.31. The summed E-state index contributed by atoms with van der Waals surface area (Å²) >= 11 is 0. The molecule has 7 nitrogen and oxygen atoms in total. The lowest BCUT2D eigenvalue weighted by Crippen LogP contribution is -2.50. The Labute approximate surface area is 130 Å². The predicted octanol–water partition coefficient (Wildman–Crippen LogP) is 3.22. The summed E-state index contributed by atoms with van der Waals surface area (Å²) in [5.74, 6) is 0. The predicted molar refractivity (Wildman–Crippen MR) is 83.0 cm³/mol. The van der Waals surface area contributed by atoms with E-state index in [0.29, 0.717) is 5.69 Å². The van der Waals surface area contributed by atoms with Gasteiger partial charge in [-0.15, -0.1) is 5.12 Å². The SMILES string of the molecule is Cc1ccc(NN(NC(=O)OC(C)C)C(=O)OC(C)C)cc1. The van der Waals surface area contributed by atoms with Crippen molar-refractivity contribution in [3.05, 3.63) is 29.8 Å². The van der Waals surface area contributed by atoms with Crippen molar-refractivity contribution < 1.29 is 19.1 Å². The molecule has 1 aromatic rings. The number of carbonyl (C=O) groups excluding carboxylic acids is 2. The first kappa shape index (κ1) is 17.6. The first-order valence-electron chi connectivity index (χ1n) is 7.09. The molecule has 0 bridgehead atoms. The summed E-state index contributed by atoms with van der Waals surface area (Å²) in [6.07, 6.45) is -2.12. The number of carbonyl (C=O) groups is 2. The van der Waals surface area contributed by atoms with Crippen molar-refractivity contribution in [3.63, 3.8) is 0 Å². The highest BCUT2D eigenvalue weighted by molar-refractivity contribution is 5.75. The second-order valence-corrected chi connectivity index (χ2v) is 5.31. The van der Waals surface area contributed by atoms with E-state index in [2.05, 4.69) is 10.9 Å². The molecular weight excluding hydrogens is 286 g/mol. The zero-order valence-electron chi connectivity index (χ0n) is 13.5. The quantitative estimate of drug-likeness (QED) is 0.835. The second kappa shape index (κ2) is 8.11. The molecule has 1 aromatic carbocycles. The van der Waals surface area contributed by atoms with Crippen LogP contribution in [0.1, 0.15) is 33.3 Å². The number of hydrogen-bond donors (Lipinski definition) is 2. The molecule has 0 aliphatic rings. The number of amides is 2. The van der Waals surface area contributed by atoms with E-state index in [1.165, 1.54) is 0 Å². The van der Waals surface area contributed by atoms with Crippen LogP contribution < -0.4 is 10.9 Å². The summed E-state index contributed by atoms with van der Waals surface area (Å²) in [7, 11) is 0. The third kappa shape index (κ3) is 6.34. The highest BCUT2D eigenvalue weighted by Gasteiger charge is 2.20. The van der Waals surface area contributed by atoms with E-state index in [-0.39, 0.29) is 12.2 Å². The monoisotopic (exact) mass is 309 g/mol. The molecule has 0 aromatic heterocycles. The van der Waals surface area contributed by atoms with Crippen molar-refractivity contribution >= 4 is 17.9 Å². The van der Waals surface area contributed by atoms with Crippen LogP contribution in [-0.4, -0.2) is 29.5 Å². The fourth-order valence-electron chi connectivity index (χ4n) is 1.46. The smallest absolute Gasteiger partial charge is 0.446 e. The zero-order chi connectivity index (χ0) is 16.7. The van der Waals surface area contributed by atoms with Gasteiger partial charge in [0.2, 0.25) is 0 Å². The van der Waals surface area contributed by atoms with E-state index in [9.17, 15) is 9.59 Å². The van der Waals surface area contributed by atoms with Gasteiger partial charge in [-0.25, -0.2) is 15.0 Å². The van der Waals surface area contributed by atoms with E-state index in [4.69, 9.17) is 9.47 Å². The van der Waals surface area contributed by atoms with Crippen LogP contribution in [-0.2, 0) is 9.47 Å². The number of hydrazine groups is 2. The number of rotatable bonds is 4. The van der Waals surface area contributed by atoms with Gasteiger partial charge in [-0.2, -0.15) is 0 Å². The van der Waals surface area contributed by atoms with Crippen molar-refractivity contribution in [3.8, 4) is 0 Å². The van der Waals surface area contributed by atoms with Crippen LogP contribution in [0.2, 0.25) is 0 Å². The van der Waals surface area contributed by atoms with Crippen LogP contribution in [0, 0.1) is 6.92 Å². The van der Waals surface area contributed by atoms with E-state index in [0.717, 1.165) is 10.7 Å². The Morgan fingerprint density at radius 2 is 1.55 bits per heavy atom. The van der Waals surface area contributed by atoms with Gasteiger partial charge in [0.1, 0.15) is 0 Å². The van der Waals surface area contributed by atoms with Crippen LogP contribution in [0.25, 0.3) is 0 Å². The van der Waals surface area contributed by atoms with Crippen LogP contribution in [0.15, 0.2) is 24.3 Å². The van der Waals surface area contributed by atoms with Gasteiger partial charge >= 0.3 is 12.2 Å². The Morgan fingerprint density at radius 1 is 1.00 bits per heavy atom. The zero-order valence-corrected chi connectivity index (χ0v) is 13.5. The van der Waals surface area contributed by atoms with Crippen molar-refractivity contribution in [2.24, 2.45) is 0 Å². The van der Waals surface area contributed by atoms with Gasteiger partial charge < -0.3 is 9.47 Å². The number of ether oxygens (including phenoxy) is 2. The fraction of sp³-hybridized carbons (Fsp3) is 0.467. The maximum Gasteiger partial charge on any atom is 0.448 e. The molecule has 0 unspecified atom stereocenters. The molecule has 2 N–H and O–H groups in total. The first-order valence-corrected chi connectivity index (χ1v) is 7.09. The summed E-state index contributed by atoms with van der Waals surface area (Å²) in [5.41, 5.74) is 6.76. The molecule has 0 aliphatic carbocycles. The number of anilines is 1. The molecular formula is C15H23N3O4. The molecule has 7 heteroatoms. The van der Waals surface area contributed by atoms with Crippen LogP contribution >= 0.6 is 0 Å². The van der Waals surface area contributed by atoms with Crippen LogP contribution in [0.5, 0.6) is 0 Å². The van der Waals surface area contributed by atoms with Crippen molar-refractivity contribution in [2.75, 3.05) is 5.43 Å². The number of aryl methyl sites for hydroxylation is 1. The molecule has 0 heterocycles. The van der Waals surface area contributed by atoms with Crippen molar-refractivity contribution in [1.82, 2.24) is 10.5 Å². The molecule has 0 spiro atoms. The first-order chi connectivity index (χ1) is 10.3. The van der Waals surface area contributed by atoms with E-state index >= 15 is 0 Å². The summed E-state index contributed by atoms with van der Waals surface area (Å²) in [5, 5.41) is 0.857. The Kier molecular flexibility index (Phi) is 6.49. The van der Waals surface area contributed by atoms with Gasteiger partial charge in [0.05, 0.1) is 17.9 Å². The minimum Gasteiger partial charge on any atom is -0.446 e. The molecule has 0 radical (unpaired) electrons. The third-order valence-electron chi connectivity index (χ3n) is 2.36. The van der Waals surface area contributed by atoms with Gasteiger partial charge in [-0.3, -0.25) is 5.43 Å². The maximum atomic E-state index is 12.0. The lowest BCUT2D eigenvalue weighted by Gasteiger charge is -2.25. The summed E-state index contributed by atoms with van der Waals surface area (Å²) in [4.78, 5) is 23.7. The summed E-state index contributed by atoms with van der Waals surface area (Å²) < 4.78 is 10.0. The van der Waals surface area contributed by atoms with E-state index in [1.807, 2.05) is 19.1 Å². The van der Waals surface area contributed by atoms with Gasteiger partial charge in [0, 0.05) is 0 Å². The van der Waals surface area contributed by atoms with Gasteiger partial charge in [0.25, 0.3) is 0 Å². The molecule has 1 rings (SSSR count). The van der Waals surface area contributed by atoms with Crippen molar-refractivity contribution in [2.45, 2.75) is 46.8 Å². The maximum absolute atomic E-state index is 12.0. The Morgan fingerprint density at radius 3 is 2.05 bits per heavy atom. The highest BCUT2D eigenvalue weighted by atomic mass is 16.6. The van der Waals surface area contributed by atoms with Gasteiger partial charge in [-0.1, -0.05) is 17.7 Å². The topological polar surface area (TPSA) is 79.9 Å². The average Bonchev–Trinajstić information content (AvgIpc) is 2.38. The summed E-state index contributed by atoms with van der Waals surface area (Å²) in [6.45, 7) is 8.81.